The van der Waals surface area contributed by atoms with Crippen LogP contribution >= 0.6 is 11.8 Å². The molecule has 0 aliphatic heterocycles. The van der Waals surface area contributed by atoms with Crippen molar-refractivity contribution in [2.24, 2.45) is 0 Å². The van der Waals surface area contributed by atoms with E-state index in [1.54, 1.807) is 0 Å². The quantitative estimate of drug-likeness (QED) is 0.688. The van der Waals surface area contributed by atoms with Gasteiger partial charge in [0.15, 0.2) is 0 Å². The van der Waals surface area contributed by atoms with Gasteiger partial charge in [0.2, 0.25) is 5.91 Å². The highest BCUT2D eigenvalue weighted by Crippen LogP contribution is 2.28. The number of amides is 1. The summed E-state index contributed by atoms with van der Waals surface area (Å²) < 4.78 is 0. The van der Waals surface area contributed by atoms with Gasteiger partial charge in [-0.3, -0.25) is 4.79 Å². The Morgan fingerprint density at radius 3 is 2.88 bits per heavy atom. The molecule has 3 unspecified atom stereocenters. The van der Waals surface area contributed by atoms with E-state index >= 15 is 0 Å². The predicted octanol–water partition coefficient (Wildman–Crippen LogP) is 2.16. The van der Waals surface area contributed by atoms with E-state index < -0.39 is 0 Å². The second kappa shape index (κ2) is 7.98. The van der Waals surface area contributed by atoms with Crippen LogP contribution in [0, 0.1) is 0 Å². The molecular weight excluding hydrogens is 232 g/mol. The maximum absolute atomic E-state index is 11.8. The lowest BCUT2D eigenvalue weighted by molar-refractivity contribution is -0.122. The molecule has 100 valence electrons. The third-order valence-electron chi connectivity index (χ3n) is 3.44. The highest BCUT2D eigenvalue weighted by Gasteiger charge is 2.28. The average molecular weight is 258 g/mol. The highest BCUT2D eigenvalue weighted by atomic mass is 32.2. The van der Waals surface area contributed by atoms with E-state index in [0.717, 1.165) is 19.4 Å². The monoisotopic (exact) mass is 258 g/mol. The van der Waals surface area contributed by atoms with E-state index in [0.29, 0.717) is 11.3 Å². The lowest BCUT2D eigenvalue weighted by atomic mass is 10.2. The molecule has 2 N–H and O–H groups in total. The lowest BCUT2D eigenvalue weighted by Crippen LogP contribution is -2.48. The molecule has 0 saturated heterocycles. The first-order valence-corrected chi connectivity index (χ1v) is 8.04. The Kier molecular flexibility index (Phi) is 6.97. The number of hydrogen-bond acceptors (Lipinski definition) is 3. The minimum atomic E-state index is -0.0652. The Hall–Kier alpha value is -0.220. The Labute approximate surface area is 109 Å². The zero-order valence-corrected chi connectivity index (χ0v) is 12.1. The normalized spacial score (nSPS) is 25.8. The molecule has 0 bridgehead atoms. The van der Waals surface area contributed by atoms with Gasteiger partial charge in [-0.1, -0.05) is 19.8 Å². The topological polar surface area (TPSA) is 41.1 Å². The maximum Gasteiger partial charge on any atom is 0.236 e. The van der Waals surface area contributed by atoms with E-state index in [1.165, 1.54) is 19.3 Å². The molecule has 0 aromatic carbocycles. The minimum Gasteiger partial charge on any atom is -0.355 e. The summed E-state index contributed by atoms with van der Waals surface area (Å²) in [6.07, 6.45) is 8.12. The predicted molar refractivity (Wildman–Crippen MR) is 75.5 cm³/mol. The molecule has 0 spiro atoms. The standard InChI is InChI=1S/C13H26N2OS/c1-4-5-9-14-13(16)10(2)15-11-7-6-8-12(11)17-3/h10-12,15H,4-9H2,1-3H3,(H,14,16). The fourth-order valence-corrected chi connectivity index (χ4v) is 3.28. The van der Waals surface area contributed by atoms with Crippen LogP contribution in [0.25, 0.3) is 0 Å². The molecular formula is C13H26N2OS. The second-order valence-electron chi connectivity index (χ2n) is 4.84. The molecule has 0 radical (unpaired) electrons. The van der Waals surface area contributed by atoms with Gasteiger partial charge in [-0.2, -0.15) is 11.8 Å². The summed E-state index contributed by atoms with van der Waals surface area (Å²) in [5, 5.41) is 7.14. The second-order valence-corrected chi connectivity index (χ2v) is 5.92. The van der Waals surface area contributed by atoms with Crippen molar-refractivity contribution in [3.8, 4) is 0 Å². The molecule has 1 rings (SSSR count). The molecule has 1 fully saturated rings. The molecule has 1 aliphatic rings. The van der Waals surface area contributed by atoms with Crippen LogP contribution in [0.15, 0.2) is 0 Å². The molecule has 0 aromatic heterocycles. The van der Waals surface area contributed by atoms with Crippen molar-refractivity contribution >= 4 is 17.7 Å². The number of rotatable bonds is 7. The molecule has 1 aliphatic carbocycles. The van der Waals surface area contributed by atoms with Gasteiger partial charge in [-0.15, -0.1) is 0 Å². The first-order chi connectivity index (χ1) is 8.19. The van der Waals surface area contributed by atoms with Gasteiger partial charge >= 0.3 is 0 Å². The smallest absolute Gasteiger partial charge is 0.236 e. The van der Waals surface area contributed by atoms with Crippen molar-refractivity contribution < 1.29 is 4.79 Å². The highest BCUT2D eigenvalue weighted by molar-refractivity contribution is 7.99. The van der Waals surface area contributed by atoms with Crippen LogP contribution in [0.2, 0.25) is 0 Å². The van der Waals surface area contributed by atoms with Crippen molar-refractivity contribution in [3.05, 3.63) is 0 Å². The van der Waals surface area contributed by atoms with Crippen molar-refractivity contribution in [2.75, 3.05) is 12.8 Å². The molecule has 0 aromatic rings. The zero-order valence-electron chi connectivity index (χ0n) is 11.3. The fraction of sp³-hybridized carbons (Fsp3) is 0.923. The summed E-state index contributed by atoms with van der Waals surface area (Å²) in [5.41, 5.74) is 0. The van der Waals surface area contributed by atoms with Crippen LogP contribution in [0.1, 0.15) is 46.0 Å². The SMILES string of the molecule is CCCCNC(=O)C(C)NC1CCCC1SC. The van der Waals surface area contributed by atoms with Crippen LogP contribution in [0.4, 0.5) is 0 Å². The van der Waals surface area contributed by atoms with Crippen molar-refractivity contribution in [3.63, 3.8) is 0 Å². The first-order valence-electron chi connectivity index (χ1n) is 6.75. The number of thioether (sulfide) groups is 1. The van der Waals surface area contributed by atoms with Gasteiger partial charge < -0.3 is 10.6 Å². The van der Waals surface area contributed by atoms with Crippen molar-refractivity contribution in [1.82, 2.24) is 10.6 Å². The van der Waals surface area contributed by atoms with Gasteiger partial charge in [-0.25, -0.2) is 0 Å². The lowest BCUT2D eigenvalue weighted by Gasteiger charge is -2.23. The third kappa shape index (κ3) is 4.88. The average Bonchev–Trinajstić information content (AvgIpc) is 2.76. The molecule has 17 heavy (non-hydrogen) atoms. The Morgan fingerprint density at radius 2 is 2.24 bits per heavy atom. The summed E-state index contributed by atoms with van der Waals surface area (Å²) in [6.45, 7) is 4.91. The van der Waals surface area contributed by atoms with Crippen molar-refractivity contribution in [2.45, 2.75) is 63.3 Å². The van der Waals surface area contributed by atoms with E-state index in [4.69, 9.17) is 0 Å². The summed E-state index contributed by atoms with van der Waals surface area (Å²) >= 11 is 1.92. The van der Waals surface area contributed by atoms with E-state index in [1.807, 2.05) is 18.7 Å². The number of carbonyl (C=O) groups excluding carboxylic acids is 1. The van der Waals surface area contributed by atoms with E-state index in [2.05, 4.69) is 23.8 Å². The van der Waals surface area contributed by atoms with Crippen LogP contribution in [-0.4, -0.2) is 36.0 Å². The minimum absolute atomic E-state index is 0.0652. The summed E-state index contributed by atoms with van der Waals surface area (Å²) in [6, 6.07) is 0.446. The van der Waals surface area contributed by atoms with Crippen molar-refractivity contribution in [1.29, 1.82) is 0 Å². The van der Waals surface area contributed by atoms with E-state index in [-0.39, 0.29) is 11.9 Å². The van der Waals surface area contributed by atoms with Crippen LogP contribution in [0.3, 0.4) is 0 Å². The Morgan fingerprint density at radius 1 is 1.47 bits per heavy atom. The molecule has 1 saturated carbocycles. The Balaban J connectivity index is 2.27. The number of nitrogens with one attached hydrogen (secondary N) is 2. The molecule has 3 nitrogen and oxygen atoms in total. The molecule has 0 heterocycles. The van der Waals surface area contributed by atoms with Gasteiger partial charge in [-0.05, 0) is 32.4 Å². The number of carbonyl (C=O) groups is 1. The van der Waals surface area contributed by atoms with E-state index in [9.17, 15) is 4.79 Å². The summed E-state index contributed by atoms with van der Waals surface area (Å²) in [4.78, 5) is 11.8. The number of unbranched alkanes of at least 4 members (excludes halogenated alkanes) is 1. The number of hydrogen-bond donors (Lipinski definition) is 2. The zero-order chi connectivity index (χ0) is 12.7. The van der Waals surface area contributed by atoms with Crippen LogP contribution in [0.5, 0.6) is 0 Å². The van der Waals surface area contributed by atoms with Gasteiger partial charge in [0, 0.05) is 17.8 Å². The fourth-order valence-electron chi connectivity index (χ4n) is 2.34. The molecule has 1 amide bonds. The third-order valence-corrected chi connectivity index (χ3v) is 4.61. The van der Waals surface area contributed by atoms with Crippen LogP contribution in [-0.2, 0) is 4.79 Å². The molecule has 3 atom stereocenters. The summed E-state index contributed by atoms with van der Waals surface area (Å²) in [7, 11) is 0. The largest absolute Gasteiger partial charge is 0.355 e. The van der Waals surface area contributed by atoms with Gasteiger partial charge in [0.25, 0.3) is 0 Å². The summed E-state index contributed by atoms with van der Waals surface area (Å²) in [5.74, 6) is 0.144. The van der Waals surface area contributed by atoms with Gasteiger partial charge in [0.1, 0.15) is 0 Å². The first kappa shape index (κ1) is 14.8. The Bertz CT molecular complexity index is 235. The maximum atomic E-state index is 11.8. The van der Waals surface area contributed by atoms with Gasteiger partial charge in [0.05, 0.1) is 6.04 Å². The molecule has 4 heteroatoms. The van der Waals surface area contributed by atoms with Crippen LogP contribution < -0.4 is 10.6 Å².